The number of hydrogen-bond acceptors (Lipinski definition) is 2. The molecule has 0 saturated heterocycles. The Morgan fingerprint density at radius 1 is 1.14 bits per heavy atom. The molecule has 82 valence electrons. The van der Waals surface area contributed by atoms with Crippen LogP contribution in [-0.2, 0) is 27.0 Å². The number of ketones is 2. The van der Waals surface area contributed by atoms with Crippen LogP contribution in [-0.4, -0.2) is 11.6 Å². The maximum absolute atomic E-state index is 11.4. The minimum atomic E-state index is -0.382. The second-order valence-electron chi connectivity index (χ2n) is 4.99. The summed E-state index contributed by atoms with van der Waals surface area (Å²) in [5.41, 5.74) is -0.382. The van der Waals surface area contributed by atoms with E-state index in [0.29, 0.717) is 12.3 Å². The molecule has 0 aliphatic rings. The normalized spacial score (nSPS) is 11.0. The molecule has 0 aromatic rings. The van der Waals surface area contributed by atoms with Crippen molar-refractivity contribution in [3.8, 4) is 0 Å². The molecule has 0 aromatic heterocycles. The summed E-state index contributed by atoms with van der Waals surface area (Å²) in [5, 5.41) is 0. The second-order valence-corrected chi connectivity index (χ2v) is 4.99. The third kappa shape index (κ3) is 7.29. The van der Waals surface area contributed by atoms with E-state index in [0.717, 1.165) is 0 Å². The number of hydrogen-bond donors (Lipinski definition) is 0. The first-order chi connectivity index (χ1) is 5.73. The molecule has 2 nitrogen and oxygen atoms in total. The van der Waals surface area contributed by atoms with Crippen molar-refractivity contribution in [3.05, 3.63) is 0 Å². The van der Waals surface area contributed by atoms with Crippen LogP contribution in [0.15, 0.2) is 0 Å². The molecule has 0 amide bonds. The summed E-state index contributed by atoms with van der Waals surface area (Å²) in [6.45, 7) is 9.51. The van der Waals surface area contributed by atoms with Crippen molar-refractivity contribution in [1.29, 1.82) is 0 Å². The third-order valence-corrected chi connectivity index (χ3v) is 1.83. The molecule has 0 N–H and O–H groups in total. The van der Waals surface area contributed by atoms with Gasteiger partial charge < -0.3 is 0 Å². The first-order valence-electron chi connectivity index (χ1n) is 4.78. The number of rotatable bonds is 4. The van der Waals surface area contributed by atoms with E-state index in [2.05, 4.69) is 0 Å². The van der Waals surface area contributed by atoms with Crippen LogP contribution in [0.4, 0.5) is 0 Å². The van der Waals surface area contributed by atoms with Gasteiger partial charge in [-0.05, 0) is 5.92 Å². The van der Waals surface area contributed by atoms with Crippen LogP contribution >= 0.6 is 0 Å². The van der Waals surface area contributed by atoms with Crippen molar-refractivity contribution in [3.63, 3.8) is 0 Å². The fourth-order valence-corrected chi connectivity index (χ4v) is 0.972. The topological polar surface area (TPSA) is 34.1 Å². The molecule has 0 bridgehead atoms. The average Bonchev–Trinajstić information content (AvgIpc) is 1.82. The van der Waals surface area contributed by atoms with Crippen molar-refractivity contribution in [1.82, 2.24) is 0 Å². The molecule has 0 aromatic carbocycles. The molecular formula is C11H20CrO2. The molecule has 3 heteroatoms. The van der Waals surface area contributed by atoms with E-state index in [9.17, 15) is 9.59 Å². The van der Waals surface area contributed by atoms with Crippen LogP contribution in [0.25, 0.3) is 0 Å². The molecule has 0 rings (SSSR count). The standard InChI is InChI=1S/C11H20O2.Cr/c1-8(2)6-9(12)7-10(13)11(3,4)5;/h8H,6-7H2,1-5H3;. The van der Waals surface area contributed by atoms with Gasteiger partial charge in [0.05, 0.1) is 6.42 Å². The van der Waals surface area contributed by atoms with Gasteiger partial charge in [-0.25, -0.2) is 0 Å². The Labute approximate surface area is 97.6 Å². The van der Waals surface area contributed by atoms with Gasteiger partial charge in [0, 0.05) is 29.2 Å². The number of carbonyl (C=O) groups is 2. The Hall–Kier alpha value is -0.128. The van der Waals surface area contributed by atoms with E-state index in [1.165, 1.54) is 0 Å². The molecule has 0 radical (unpaired) electrons. The average molecular weight is 236 g/mol. The van der Waals surface area contributed by atoms with Gasteiger partial charge >= 0.3 is 0 Å². The van der Waals surface area contributed by atoms with Gasteiger partial charge in [0.2, 0.25) is 0 Å². The molecule has 0 atom stereocenters. The van der Waals surface area contributed by atoms with E-state index >= 15 is 0 Å². The summed E-state index contributed by atoms with van der Waals surface area (Å²) in [6, 6.07) is 0. The van der Waals surface area contributed by atoms with Gasteiger partial charge in [-0.2, -0.15) is 0 Å². The maximum Gasteiger partial charge on any atom is 0.145 e. The van der Waals surface area contributed by atoms with Gasteiger partial charge in [-0.1, -0.05) is 34.6 Å². The van der Waals surface area contributed by atoms with E-state index < -0.39 is 0 Å². The predicted molar refractivity (Wildman–Crippen MR) is 53.5 cm³/mol. The molecule has 0 unspecified atom stereocenters. The minimum Gasteiger partial charge on any atom is -0.299 e. The largest absolute Gasteiger partial charge is 0.299 e. The Balaban J connectivity index is 0. The van der Waals surface area contributed by atoms with Crippen LogP contribution < -0.4 is 0 Å². The van der Waals surface area contributed by atoms with Gasteiger partial charge in [0.25, 0.3) is 0 Å². The monoisotopic (exact) mass is 236 g/mol. The number of carbonyl (C=O) groups excluding carboxylic acids is 2. The molecule has 0 aliphatic heterocycles. The van der Waals surface area contributed by atoms with Crippen LogP contribution in [0.3, 0.4) is 0 Å². The van der Waals surface area contributed by atoms with Gasteiger partial charge in [0.1, 0.15) is 11.6 Å². The quantitative estimate of drug-likeness (QED) is 0.703. The summed E-state index contributed by atoms with van der Waals surface area (Å²) < 4.78 is 0. The SMILES string of the molecule is CC(C)CC(=O)CC(=O)C(C)(C)C.[Cr]. The van der Waals surface area contributed by atoms with Crippen molar-refractivity contribution in [2.24, 2.45) is 11.3 Å². The van der Waals surface area contributed by atoms with E-state index in [4.69, 9.17) is 0 Å². The summed E-state index contributed by atoms with van der Waals surface area (Å²) in [6.07, 6.45) is 0.615. The molecule has 0 saturated carbocycles. The molecule has 0 spiro atoms. The Kier molecular flexibility index (Phi) is 7.42. The van der Waals surface area contributed by atoms with E-state index in [1.807, 2.05) is 34.6 Å². The first kappa shape index (κ1) is 16.3. The molecule has 14 heavy (non-hydrogen) atoms. The summed E-state index contributed by atoms with van der Waals surface area (Å²) in [4.78, 5) is 22.7. The summed E-state index contributed by atoms with van der Waals surface area (Å²) in [5.74, 6) is 0.452. The fourth-order valence-electron chi connectivity index (χ4n) is 0.972. The second kappa shape index (κ2) is 6.37. The van der Waals surface area contributed by atoms with Crippen LogP contribution in [0.5, 0.6) is 0 Å². The predicted octanol–water partition coefficient (Wildman–Crippen LogP) is 2.60. The van der Waals surface area contributed by atoms with Gasteiger partial charge in [0.15, 0.2) is 0 Å². The molecule has 0 aliphatic carbocycles. The minimum absolute atomic E-state index is 0. The van der Waals surface area contributed by atoms with E-state index in [1.54, 1.807) is 0 Å². The summed E-state index contributed by atoms with van der Waals surface area (Å²) in [7, 11) is 0. The van der Waals surface area contributed by atoms with Crippen molar-refractivity contribution in [2.45, 2.75) is 47.5 Å². The van der Waals surface area contributed by atoms with Crippen molar-refractivity contribution in [2.75, 3.05) is 0 Å². The molecule has 0 fully saturated rings. The molecule has 0 heterocycles. The zero-order chi connectivity index (χ0) is 10.6. The summed E-state index contributed by atoms with van der Waals surface area (Å²) >= 11 is 0. The van der Waals surface area contributed by atoms with Crippen LogP contribution in [0.1, 0.15) is 47.5 Å². The van der Waals surface area contributed by atoms with Crippen molar-refractivity contribution >= 4 is 11.6 Å². The zero-order valence-corrected chi connectivity index (χ0v) is 11.0. The first-order valence-corrected chi connectivity index (χ1v) is 4.78. The van der Waals surface area contributed by atoms with E-state index in [-0.39, 0.29) is 40.8 Å². The molecular weight excluding hydrogens is 216 g/mol. The van der Waals surface area contributed by atoms with Crippen LogP contribution in [0, 0.1) is 11.3 Å². The van der Waals surface area contributed by atoms with Gasteiger partial charge in [-0.3, -0.25) is 9.59 Å². The number of Topliss-reactive ketones (excluding diaryl/α,β-unsaturated/α-hetero) is 2. The Morgan fingerprint density at radius 2 is 1.57 bits per heavy atom. The van der Waals surface area contributed by atoms with Gasteiger partial charge in [-0.15, -0.1) is 0 Å². The maximum atomic E-state index is 11.4. The van der Waals surface area contributed by atoms with Crippen LogP contribution in [0.2, 0.25) is 0 Å². The fraction of sp³-hybridized carbons (Fsp3) is 0.818. The zero-order valence-electron chi connectivity index (χ0n) is 9.72. The van der Waals surface area contributed by atoms with Crippen molar-refractivity contribution < 1.29 is 27.0 Å². The Bertz CT molecular complexity index is 202. The Morgan fingerprint density at radius 3 is 1.86 bits per heavy atom. The third-order valence-electron chi connectivity index (χ3n) is 1.83. The smallest absolute Gasteiger partial charge is 0.145 e.